The first-order valence-corrected chi connectivity index (χ1v) is 9.47. The molecule has 1 aromatic carbocycles. The molecule has 0 saturated carbocycles. The first-order chi connectivity index (χ1) is 12.8. The lowest BCUT2D eigenvalue weighted by atomic mass is 10.1. The summed E-state index contributed by atoms with van der Waals surface area (Å²) in [7, 11) is 0. The highest BCUT2D eigenvalue weighted by Gasteiger charge is 2.35. The summed E-state index contributed by atoms with van der Waals surface area (Å²) < 4.78 is 0. The quantitative estimate of drug-likeness (QED) is 0.701. The maximum atomic E-state index is 13.3. The van der Waals surface area contributed by atoms with Crippen LogP contribution in [0.3, 0.4) is 0 Å². The zero-order valence-corrected chi connectivity index (χ0v) is 15.5. The van der Waals surface area contributed by atoms with Crippen LogP contribution < -0.4 is 10.6 Å². The molecule has 1 unspecified atom stereocenters. The third-order valence-corrected chi connectivity index (χ3v) is 4.60. The van der Waals surface area contributed by atoms with Crippen molar-refractivity contribution in [1.82, 2.24) is 14.9 Å². The molecule has 1 aliphatic rings. The molecule has 1 amide bonds. The molecule has 2 N–H and O–H groups in total. The van der Waals surface area contributed by atoms with Crippen molar-refractivity contribution in [3.63, 3.8) is 0 Å². The standard InChI is InChI=1S/C20H27N5O/c1-3-5-12-21-17-16-18(23-14-22-17)24-19(15-10-8-7-9-11-15)25(20(16)26)13-6-4-2/h7-11,14,19H,3-6,12-13H2,1-2H3,(H2,21,22,23,24). The lowest BCUT2D eigenvalue weighted by molar-refractivity contribution is 0.0679. The number of hydrogen-bond donors (Lipinski definition) is 2. The van der Waals surface area contributed by atoms with Crippen LogP contribution in [0.2, 0.25) is 0 Å². The molecule has 3 rings (SSSR count). The maximum Gasteiger partial charge on any atom is 0.263 e. The zero-order valence-electron chi connectivity index (χ0n) is 15.5. The van der Waals surface area contributed by atoms with Crippen molar-refractivity contribution in [3.05, 3.63) is 47.8 Å². The SMILES string of the molecule is CCCCNc1ncnc2c1C(=O)N(CCCC)C(c1ccccc1)N2. The Labute approximate surface area is 155 Å². The van der Waals surface area contributed by atoms with E-state index < -0.39 is 0 Å². The average molecular weight is 353 g/mol. The maximum absolute atomic E-state index is 13.3. The smallest absolute Gasteiger partial charge is 0.263 e. The van der Waals surface area contributed by atoms with E-state index in [1.165, 1.54) is 6.33 Å². The van der Waals surface area contributed by atoms with E-state index in [1.807, 2.05) is 35.2 Å². The minimum Gasteiger partial charge on any atom is -0.369 e. The van der Waals surface area contributed by atoms with Gasteiger partial charge in [-0.2, -0.15) is 0 Å². The topological polar surface area (TPSA) is 70.2 Å². The van der Waals surface area contributed by atoms with E-state index in [0.717, 1.165) is 37.8 Å². The predicted octanol–water partition coefficient (Wildman–Crippen LogP) is 4.06. The van der Waals surface area contributed by atoms with Crippen LogP contribution >= 0.6 is 0 Å². The summed E-state index contributed by atoms with van der Waals surface area (Å²) in [6, 6.07) is 10.0. The first-order valence-electron chi connectivity index (χ1n) is 9.47. The van der Waals surface area contributed by atoms with Crippen LogP contribution in [0.4, 0.5) is 11.6 Å². The Hall–Kier alpha value is -2.63. The number of unbranched alkanes of at least 4 members (excludes halogenated alkanes) is 2. The summed E-state index contributed by atoms with van der Waals surface area (Å²) in [6.07, 6.45) is 5.42. The Morgan fingerprint density at radius 2 is 1.88 bits per heavy atom. The first kappa shape index (κ1) is 18.2. The summed E-state index contributed by atoms with van der Waals surface area (Å²) in [5.41, 5.74) is 1.61. The fourth-order valence-corrected chi connectivity index (χ4v) is 3.14. The van der Waals surface area contributed by atoms with E-state index in [0.29, 0.717) is 23.7 Å². The number of rotatable bonds is 8. The minimum absolute atomic E-state index is 0.0133. The molecule has 2 aromatic rings. The minimum atomic E-state index is -0.207. The normalized spacial score (nSPS) is 16.2. The van der Waals surface area contributed by atoms with Gasteiger partial charge in [-0.3, -0.25) is 4.79 Å². The second kappa shape index (κ2) is 8.65. The molecule has 0 saturated heterocycles. The molecule has 0 radical (unpaired) electrons. The number of aromatic nitrogens is 2. The number of carbonyl (C=O) groups is 1. The van der Waals surface area contributed by atoms with Crippen LogP contribution in [0.5, 0.6) is 0 Å². The van der Waals surface area contributed by atoms with Crippen molar-refractivity contribution in [2.24, 2.45) is 0 Å². The van der Waals surface area contributed by atoms with Gasteiger partial charge in [0, 0.05) is 13.1 Å². The largest absolute Gasteiger partial charge is 0.369 e. The van der Waals surface area contributed by atoms with Crippen molar-refractivity contribution >= 4 is 17.5 Å². The van der Waals surface area contributed by atoms with Gasteiger partial charge < -0.3 is 15.5 Å². The second-order valence-electron chi connectivity index (χ2n) is 6.54. The highest BCUT2D eigenvalue weighted by atomic mass is 16.2. The van der Waals surface area contributed by atoms with Crippen molar-refractivity contribution in [2.45, 2.75) is 45.7 Å². The summed E-state index contributed by atoms with van der Waals surface area (Å²) in [5, 5.41) is 6.74. The zero-order chi connectivity index (χ0) is 18.4. The van der Waals surface area contributed by atoms with Crippen LogP contribution in [0.1, 0.15) is 61.6 Å². The van der Waals surface area contributed by atoms with Gasteiger partial charge in [0.1, 0.15) is 29.7 Å². The van der Waals surface area contributed by atoms with Crippen LogP contribution in [-0.2, 0) is 0 Å². The molecule has 0 spiro atoms. The van der Waals surface area contributed by atoms with Crippen LogP contribution in [0, 0.1) is 0 Å². The van der Waals surface area contributed by atoms with Gasteiger partial charge in [-0.05, 0) is 18.4 Å². The van der Waals surface area contributed by atoms with E-state index >= 15 is 0 Å². The average Bonchev–Trinajstić information content (AvgIpc) is 2.68. The van der Waals surface area contributed by atoms with E-state index in [2.05, 4.69) is 34.4 Å². The predicted molar refractivity (Wildman–Crippen MR) is 104 cm³/mol. The molecule has 138 valence electrons. The van der Waals surface area contributed by atoms with Crippen LogP contribution in [0.15, 0.2) is 36.7 Å². The van der Waals surface area contributed by atoms with Gasteiger partial charge >= 0.3 is 0 Å². The summed E-state index contributed by atoms with van der Waals surface area (Å²) in [5.74, 6) is 1.21. The second-order valence-corrected chi connectivity index (χ2v) is 6.54. The van der Waals surface area contributed by atoms with Crippen molar-refractivity contribution < 1.29 is 4.79 Å². The highest BCUT2D eigenvalue weighted by molar-refractivity contribution is 6.05. The fourth-order valence-electron chi connectivity index (χ4n) is 3.14. The van der Waals surface area contributed by atoms with E-state index in [4.69, 9.17) is 0 Å². The van der Waals surface area contributed by atoms with Gasteiger partial charge in [-0.15, -0.1) is 0 Å². The van der Waals surface area contributed by atoms with E-state index in [1.54, 1.807) is 0 Å². The third-order valence-electron chi connectivity index (χ3n) is 4.60. The number of amides is 1. The lowest BCUT2D eigenvalue weighted by Crippen LogP contribution is -2.44. The van der Waals surface area contributed by atoms with Gasteiger partial charge in [-0.1, -0.05) is 57.0 Å². The fraction of sp³-hybridized carbons (Fsp3) is 0.450. The van der Waals surface area contributed by atoms with Gasteiger partial charge in [0.2, 0.25) is 0 Å². The van der Waals surface area contributed by atoms with Crippen LogP contribution in [-0.4, -0.2) is 33.9 Å². The molecule has 1 aromatic heterocycles. The number of nitrogens with one attached hydrogen (secondary N) is 2. The third kappa shape index (κ3) is 3.79. The molecule has 1 aliphatic heterocycles. The van der Waals surface area contributed by atoms with Gasteiger partial charge in [0.15, 0.2) is 0 Å². The molecular weight excluding hydrogens is 326 g/mol. The number of hydrogen-bond acceptors (Lipinski definition) is 5. The molecule has 1 atom stereocenters. The highest BCUT2D eigenvalue weighted by Crippen LogP contribution is 2.34. The summed E-state index contributed by atoms with van der Waals surface area (Å²) in [6.45, 7) is 5.77. The Morgan fingerprint density at radius 1 is 1.12 bits per heavy atom. The molecule has 26 heavy (non-hydrogen) atoms. The summed E-state index contributed by atoms with van der Waals surface area (Å²) >= 11 is 0. The Balaban J connectivity index is 1.95. The number of carbonyl (C=O) groups excluding carboxylic acids is 1. The Kier molecular flexibility index (Phi) is 6.04. The number of benzene rings is 1. The molecule has 0 aliphatic carbocycles. The molecule has 2 heterocycles. The Bertz CT molecular complexity index is 734. The van der Waals surface area contributed by atoms with Crippen molar-refractivity contribution in [1.29, 1.82) is 0 Å². The molecule has 6 nitrogen and oxygen atoms in total. The van der Waals surface area contributed by atoms with Crippen molar-refractivity contribution in [3.8, 4) is 0 Å². The number of fused-ring (bicyclic) bond motifs is 1. The summed E-state index contributed by atoms with van der Waals surface area (Å²) in [4.78, 5) is 23.9. The Morgan fingerprint density at radius 3 is 2.62 bits per heavy atom. The molecular formula is C20H27N5O. The number of nitrogens with zero attached hydrogens (tertiary/aromatic N) is 3. The van der Waals surface area contributed by atoms with Crippen molar-refractivity contribution in [2.75, 3.05) is 23.7 Å². The van der Waals surface area contributed by atoms with E-state index in [-0.39, 0.29) is 12.1 Å². The van der Waals surface area contributed by atoms with Crippen LogP contribution in [0.25, 0.3) is 0 Å². The monoisotopic (exact) mass is 353 g/mol. The van der Waals surface area contributed by atoms with E-state index in [9.17, 15) is 4.79 Å². The van der Waals surface area contributed by atoms with Gasteiger partial charge in [-0.25, -0.2) is 9.97 Å². The lowest BCUT2D eigenvalue weighted by Gasteiger charge is -2.38. The number of anilines is 2. The molecule has 6 heteroatoms. The van der Waals surface area contributed by atoms with Gasteiger partial charge in [0.05, 0.1) is 0 Å². The molecule has 0 fully saturated rings. The molecule has 0 bridgehead atoms. The van der Waals surface area contributed by atoms with Gasteiger partial charge in [0.25, 0.3) is 5.91 Å².